The minimum absolute atomic E-state index is 0.420. The van der Waals surface area contributed by atoms with Crippen molar-refractivity contribution in [2.24, 2.45) is 10.8 Å². The molecule has 1 heterocycles. The third-order valence-corrected chi connectivity index (χ3v) is 14.5. The monoisotopic (exact) mass is 962 g/mol. The Morgan fingerprint density at radius 1 is 0.565 bits per heavy atom. The van der Waals surface area contributed by atoms with Crippen molar-refractivity contribution >= 4 is 49.8 Å². The Morgan fingerprint density at radius 3 is 1.72 bits per heavy atom. The zero-order valence-corrected chi connectivity index (χ0v) is 40.3. The third-order valence-electron chi connectivity index (χ3n) is 14.5. The molecule has 2 unspecified atom stereocenters. The molecule has 1 aromatic heterocycles. The van der Waals surface area contributed by atoms with Crippen molar-refractivity contribution in [3.8, 4) is 0 Å². The van der Waals surface area contributed by atoms with Crippen molar-refractivity contribution in [2.45, 2.75) is 129 Å². The number of hydrogen-bond donors (Lipinski definition) is 1. The third kappa shape index (κ3) is 9.22. The van der Waals surface area contributed by atoms with Crippen molar-refractivity contribution in [1.29, 1.82) is 0 Å². The van der Waals surface area contributed by atoms with Crippen LogP contribution in [0.1, 0.15) is 92.2 Å². The van der Waals surface area contributed by atoms with Crippen LogP contribution in [0, 0.1) is 10.8 Å². The molecular formula is C57H60F10N2. The van der Waals surface area contributed by atoms with Crippen molar-refractivity contribution in [3.05, 3.63) is 149 Å². The first-order valence-electron chi connectivity index (χ1n) is 23.4. The van der Waals surface area contributed by atoms with Crippen LogP contribution < -0.4 is 10.7 Å². The van der Waals surface area contributed by atoms with Gasteiger partial charge in [-0.05, 0) is 89.9 Å². The molecule has 1 aliphatic carbocycles. The van der Waals surface area contributed by atoms with E-state index in [9.17, 15) is 0 Å². The fourth-order valence-corrected chi connectivity index (χ4v) is 9.28. The number of benzene rings is 5. The van der Waals surface area contributed by atoms with Crippen LogP contribution in [0.3, 0.4) is 0 Å². The molecule has 6 aromatic rings. The molecule has 5 aromatic carbocycles. The van der Waals surface area contributed by atoms with Crippen molar-refractivity contribution in [3.63, 3.8) is 0 Å². The highest BCUT2D eigenvalue weighted by Gasteiger charge is 2.71. The first kappa shape index (κ1) is 51.3. The minimum Gasteiger partial charge on any atom is -0.384 e. The first-order chi connectivity index (χ1) is 32.1. The van der Waals surface area contributed by atoms with Crippen molar-refractivity contribution in [2.75, 3.05) is 11.9 Å². The molecule has 2 atom stereocenters. The molecule has 1 aliphatic rings. The lowest BCUT2D eigenvalue weighted by atomic mass is 9.73. The van der Waals surface area contributed by atoms with Gasteiger partial charge in [0.2, 0.25) is 0 Å². The Kier molecular flexibility index (Phi) is 13.6. The molecule has 0 amide bonds. The number of hydrogen-bond acceptors (Lipinski definition) is 1. The standard InChI is InChI=1S/C57H60F10N2/c1-50(2,3)52(7,58)56(64,65)54(60,61)33-35-68-44-27-15-24-39-20-12-19-38(48(39)44)21-13-22-41-29-30-42(47(41)37-17-10-9-11-18-37)31-32-45-43-26-14-23-40-25-16-28-46(49(40)43)69(45)36-34-55(62,63)57(66,67)53(8,59)51(4,5)6/h9-20,22-28,31-32,68H,21,29-30,33-36H2,1-8H3/b22-13+,42-31+,45-32+. The minimum atomic E-state index is -4.96. The topological polar surface area (TPSA) is 17.0 Å². The fourth-order valence-electron chi connectivity index (χ4n) is 9.28. The molecule has 0 aliphatic heterocycles. The summed E-state index contributed by atoms with van der Waals surface area (Å²) < 4.78 is 155. The summed E-state index contributed by atoms with van der Waals surface area (Å²) in [6.45, 7) is 7.05. The quantitative estimate of drug-likeness (QED) is 0.0957. The number of allylic oxidation sites excluding steroid dienone is 6. The molecule has 0 spiro atoms. The molecule has 69 heavy (non-hydrogen) atoms. The van der Waals surface area contributed by atoms with Gasteiger partial charge in [0, 0.05) is 69.5 Å². The summed E-state index contributed by atoms with van der Waals surface area (Å²) in [5.74, 6) is -19.2. The molecule has 0 fully saturated rings. The SMILES string of the molecule is CC(C)(C)C(C)(F)C(F)(F)C(F)(F)CCNc1cccc2cccc(C/C=C/C3=C(c4ccccc4)C(=C/C=c4\c5cccc6cccc(c65)n4CCC(F)(F)C(F)(F)C(C)(F)C(C)(C)C)/CC3)c12. The van der Waals surface area contributed by atoms with Gasteiger partial charge in [0.15, 0.2) is 11.3 Å². The molecule has 12 heteroatoms. The molecule has 0 saturated heterocycles. The van der Waals surface area contributed by atoms with Gasteiger partial charge in [-0.15, -0.1) is 0 Å². The number of aromatic nitrogens is 1. The van der Waals surface area contributed by atoms with E-state index in [0.717, 1.165) is 54.8 Å². The maximum atomic E-state index is 15.7. The van der Waals surface area contributed by atoms with Gasteiger partial charge in [-0.1, -0.05) is 151 Å². The van der Waals surface area contributed by atoms with Gasteiger partial charge in [-0.2, -0.15) is 35.1 Å². The predicted octanol–water partition coefficient (Wildman–Crippen LogP) is 16.7. The summed E-state index contributed by atoms with van der Waals surface area (Å²) in [6.07, 6.45) is 6.91. The van der Waals surface area contributed by atoms with Gasteiger partial charge in [0.25, 0.3) is 0 Å². The van der Waals surface area contributed by atoms with E-state index in [1.807, 2.05) is 103 Å². The predicted molar refractivity (Wildman–Crippen MR) is 262 cm³/mol. The second kappa shape index (κ2) is 18.3. The first-order valence-corrected chi connectivity index (χ1v) is 23.4. The summed E-state index contributed by atoms with van der Waals surface area (Å²) in [5, 5.41) is 7.41. The summed E-state index contributed by atoms with van der Waals surface area (Å²) in [7, 11) is 0. The normalized spacial score (nSPS) is 17.5. The highest BCUT2D eigenvalue weighted by molar-refractivity contribution is 6.10. The fraction of sp³-hybridized carbons (Fsp3) is 0.404. The van der Waals surface area contributed by atoms with E-state index in [1.54, 1.807) is 28.8 Å². The van der Waals surface area contributed by atoms with E-state index in [2.05, 4.69) is 5.32 Å². The lowest BCUT2D eigenvalue weighted by Crippen LogP contribution is -2.60. The second-order valence-corrected chi connectivity index (χ2v) is 20.8. The summed E-state index contributed by atoms with van der Waals surface area (Å²) in [6, 6.07) is 31.7. The van der Waals surface area contributed by atoms with Crippen LogP contribution in [0.15, 0.2) is 133 Å². The van der Waals surface area contributed by atoms with Crippen LogP contribution in [0.25, 0.3) is 44.1 Å². The smallest absolute Gasteiger partial charge is 0.343 e. The maximum absolute atomic E-state index is 15.7. The second-order valence-electron chi connectivity index (χ2n) is 20.8. The van der Waals surface area contributed by atoms with Crippen LogP contribution in [0.2, 0.25) is 0 Å². The van der Waals surface area contributed by atoms with Crippen LogP contribution in [-0.2, 0) is 13.0 Å². The number of fused-ring (bicyclic) bond motifs is 1. The molecule has 0 radical (unpaired) electrons. The average molecular weight is 963 g/mol. The summed E-state index contributed by atoms with van der Waals surface area (Å²) >= 11 is 0. The zero-order chi connectivity index (χ0) is 50.6. The van der Waals surface area contributed by atoms with E-state index in [0.29, 0.717) is 49.7 Å². The van der Waals surface area contributed by atoms with Crippen LogP contribution in [-0.4, -0.2) is 46.1 Å². The Labute approximate surface area is 397 Å². The summed E-state index contributed by atoms with van der Waals surface area (Å²) in [5.41, 5.74) is -4.71. The molecule has 368 valence electrons. The number of halogens is 10. The number of anilines is 1. The zero-order valence-electron chi connectivity index (χ0n) is 40.3. The highest BCUT2D eigenvalue weighted by Crippen LogP contribution is 2.55. The van der Waals surface area contributed by atoms with Crippen LogP contribution in [0.5, 0.6) is 0 Å². The number of alkyl halides is 10. The van der Waals surface area contributed by atoms with E-state index in [-0.39, 0.29) is 0 Å². The van der Waals surface area contributed by atoms with Gasteiger partial charge in [-0.3, -0.25) is 0 Å². The molecule has 2 nitrogen and oxygen atoms in total. The molecule has 0 saturated carbocycles. The Hall–Kier alpha value is -5.52. The maximum Gasteiger partial charge on any atom is 0.343 e. The number of aryl methyl sites for hydroxylation is 1. The lowest BCUT2D eigenvalue weighted by molar-refractivity contribution is -0.291. The van der Waals surface area contributed by atoms with Gasteiger partial charge >= 0.3 is 23.7 Å². The molecule has 7 rings (SSSR count). The lowest BCUT2D eigenvalue weighted by Gasteiger charge is -2.43. The van der Waals surface area contributed by atoms with Gasteiger partial charge in [0.1, 0.15) is 0 Å². The Balaban J connectivity index is 1.21. The number of nitrogens with one attached hydrogen (secondary N) is 1. The highest BCUT2D eigenvalue weighted by atomic mass is 19.3. The Morgan fingerprint density at radius 2 is 1.12 bits per heavy atom. The van der Waals surface area contributed by atoms with Crippen molar-refractivity contribution in [1.82, 2.24) is 4.57 Å². The molecule has 1 N–H and O–H groups in total. The molecular weight excluding hydrogens is 903 g/mol. The van der Waals surface area contributed by atoms with Crippen molar-refractivity contribution < 1.29 is 43.9 Å². The van der Waals surface area contributed by atoms with Gasteiger partial charge in [0.05, 0.1) is 0 Å². The number of rotatable bonds is 16. The van der Waals surface area contributed by atoms with Crippen LogP contribution in [0.4, 0.5) is 49.6 Å². The van der Waals surface area contributed by atoms with Gasteiger partial charge < -0.3 is 9.88 Å². The number of nitrogens with zero attached hydrogens (tertiary/aromatic N) is 1. The van der Waals surface area contributed by atoms with E-state index in [4.69, 9.17) is 0 Å². The van der Waals surface area contributed by atoms with E-state index >= 15 is 43.9 Å². The summed E-state index contributed by atoms with van der Waals surface area (Å²) in [4.78, 5) is 0. The molecule has 0 bridgehead atoms. The Bertz CT molecular complexity index is 2970. The van der Waals surface area contributed by atoms with E-state index < -0.39 is 71.8 Å². The largest absolute Gasteiger partial charge is 0.384 e. The van der Waals surface area contributed by atoms with Gasteiger partial charge in [-0.25, -0.2) is 8.78 Å². The van der Waals surface area contributed by atoms with Crippen LogP contribution >= 0.6 is 0 Å². The average Bonchev–Trinajstić information content (AvgIpc) is 3.82. The van der Waals surface area contributed by atoms with E-state index in [1.165, 1.54) is 41.5 Å².